The Morgan fingerprint density at radius 1 is 1.33 bits per heavy atom. The SMILES string of the molecule is Cc1cccc2c1OCCCC2NC1CC(O)C1. The van der Waals surface area contributed by atoms with Gasteiger partial charge in [0.2, 0.25) is 0 Å². The number of fused-ring (bicyclic) bond motifs is 1. The fraction of sp³-hybridized carbons (Fsp3) is 0.600. The number of benzene rings is 1. The third-order valence-electron chi connectivity index (χ3n) is 4.05. The topological polar surface area (TPSA) is 41.5 Å². The van der Waals surface area contributed by atoms with Crippen molar-refractivity contribution in [3.05, 3.63) is 29.3 Å². The van der Waals surface area contributed by atoms with Crippen molar-refractivity contribution >= 4 is 0 Å². The molecule has 0 amide bonds. The zero-order valence-electron chi connectivity index (χ0n) is 10.9. The summed E-state index contributed by atoms with van der Waals surface area (Å²) in [5, 5.41) is 13.0. The van der Waals surface area contributed by atoms with Crippen LogP contribution in [0, 0.1) is 6.92 Å². The first kappa shape index (κ1) is 12.0. The number of para-hydroxylation sites is 1. The van der Waals surface area contributed by atoms with Crippen LogP contribution in [0.2, 0.25) is 0 Å². The van der Waals surface area contributed by atoms with Crippen molar-refractivity contribution in [2.45, 2.75) is 50.8 Å². The predicted molar refractivity (Wildman–Crippen MR) is 70.8 cm³/mol. The van der Waals surface area contributed by atoms with E-state index in [1.165, 1.54) is 11.1 Å². The Balaban J connectivity index is 1.80. The van der Waals surface area contributed by atoms with E-state index < -0.39 is 0 Å². The van der Waals surface area contributed by atoms with Crippen LogP contribution in [0.25, 0.3) is 0 Å². The fourth-order valence-corrected chi connectivity index (χ4v) is 2.95. The van der Waals surface area contributed by atoms with E-state index in [1.807, 2.05) is 0 Å². The summed E-state index contributed by atoms with van der Waals surface area (Å²) >= 11 is 0. The van der Waals surface area contributed by atoms with Gasteiger partial charge in [0.05, 0.1) is 12.7 Å². The molecular formula is C15H21NO2. The third kappa shape index (κ3) is 2.25. The van der Waals surface area contributed by atoms with Gasteiger partial charge in [0, 0.05) is 17.6 Å². The lowest BCUT2D eigenvalue weighted by molar-refractivity contribution is 0.0571. The van der Waals surface area contributed by atoms with Crippen molar-refractivity contribution in [2.75, 3.05) is 6.61 Å². The highest BCUT2D eigenvalue weighted by Gasteiger charge is 2.30. The maximum atomic E-state index is 9.38. The Kier molecular flexibility index (Phi) is 3.27. The summed E-state index contributed by atoms with van der Waals surface area (Å²) < 4.78 is 5.87. The molecule has 3 nitrogen and oxygen atoms in total. The van der Waals surface area contributed by atoms with Gasteiger partial charge in [0.1, 0.15) is 5.75 Å². The van der Waals surface area contributed by atoms with Crippen molar-refractivity contribution in [1.82, 2.24) is 5.32 Å². The van der Waals surface area contributed by atoms with E-state index in [9.17, 15) is 5.11 Å². The van der Waals surface area contributed by atoms with Crippen molar-refractivity contribution in [1.29, 1.82) is 0 Å². The molecule has 0 spiro atoms. The molecule has 1 aromatic carbocycles. The van der Waals surface area contributed by atoms with Gasteiger partial charge in [-0.25, -0.2) is 0 Å². The Bertz CT molecular complexity index is 427. The van der Waals surface area contributed by atoms with Crippen LogP contribution in [0.3, 0.4) is 0 Å². The Hall–Kier alpha value is -1.06. The smallest absolute Gasteiger partial charge is 0.126 e. The number of aliphatic hydroxyl groups is 1. The van der Waals surface area contributed by atoms with Crippen LogP contribution in [-0.2, 0) is 0 Å². The first-order chi connectivity index (χ1) is 8.74. The molecule has 1 aliphatic carbocycles. The highest BCUT2D eigenvalue weighted by molar-refractivity contribution is 5.43. The van der Waals surface area contributed by atoms with Crippen molar-refractivity contribution in [2.24, 2.45) is 0 Å². The van der Waals surface area contributed by atoms with Crippen LogP contribution in [0.1, 0.15) is 42.9 Å². The first-order valence-electron chi connectivity index (χ1n) is 6.90. The minimum Gasteiger partial charge on any atom is -0.493 e. The maximum Gasteiger partial charge on any atom is 0.126 e. The second kappa shape index (κ2) is 4.90. The molecule has 3 rings (SSSR count). The van der Waals surface area contributed by atoms with Gasteiger partial charge in [-0.15, -0.1) is 0 Å². The molecule has 1 unspecified atom stereocenters. The first-order valence-corrected chi connectivity index (χ1v) is 6.90. The summed E-state index contributed by atoms with van der Waals surface area (Å²) in [6.45, 7) is 2.91. The van der Waals surface area contributed by atoms with Gasteiger partial charge in [-0.1, -0.05) is 18.2 Å². The van der Waals surface area contributed by atoms with E-state index in [0.717, 1.165) is 38.0 Å². The molecule has 1 atom stereocenters. The Labute approximate surface area is 108 Å². The molecule has 98 valence electrons. The van der Waals surface area contributed by atoms with Crippen LogP contribution in [0.15, 0.2) is 18.2 Å². The Morgan fingerprint density at radius 3 is 2.94 bits per heavy atom. The highest BCUT2D eigenvalue weighted by atomic mass is 16.5. The molecule has 1 aromatic rings. The molecule has 0 bridgehead atoms. The van der Waals surface area contributed by atoms with Gasteiger partial charge >= 0.3 is 0 Å². The number of rotatable bonds is 2. The van der Waals surface area contributed by atoms with Gasteiger partial charge in [0.15, 0.2) is 0 Å². The monoisotopic (exact) mass is 247 g/mol. The summed E-state index contributed by atoms with van der Waals surface area (Å²) in [6.07, 6.45) is 3.88. The lowest BCUT2D eigenvalue weighted by Crippen LogP contribution is -2.45. The minimum atomic E-state index is -0.0958. The highest BCUT2D eigenvalue weighted by Crippen LogP contribution is 2.35. The van der Waals surface area contributed by atoms with Crippen LogP contribution >= 0.6 is 0 Å². The van der Waals surface area contributed by atoms with Crippen molar-refractivity contribution < 1.29 is 9.84 Å². The summed E-state index contributed by atoms with van der Waals surface area (Å²) in [7, 11) is 0. The average molecular weight is 247 g/mol. The summed E-state index contributed by atoms with van der Waals surface area (Å²) in [5.74, 6) is 1.06. The average Bonchev–Trinajstić information content (AvgIpc) is 2.51. The third-order valence-corrected chi connectivity index (χ3v) is 4.05. The standard InChI is InChI=1S/C15H21NO2/c1-10-4-2-5-13-14(6-3-7-18-15(10)13)16-11-8-12(17)9-11/h2,4-5,11-12,14,16-17H,3,6-9H2,1H3. The number of hydrogen-bond donors (Lipinski definition) is 2. The van der Waals surface area contributed by atoms with Crippen LogP contribution in [0.4, 0.5) is 0 Å². The van der Waals surface area contributed by atoms with Crippen LogP contribution in [0.5, 0.6) is 5.75 Å². The van der Waals surface area contributed by atoms with E-state index in [1.54, 1.807) is 0 Å². The Morgan fingerprint density at radius 2 is 2.17 bits per heavy atom. The molecule has 0 aromatic heterocycles. The molecule has 2 N–H and O–H groups in total. The van der Waals surface area contributed by atoms with E-state index in [2.05, 4.69) is 30.4 Å². The zero-order chi connectivity index (χ0) is 12.5. The normalized spacial score (nSPS) is 30.9. The second-order valence-corrected chi connectivity index (χ2v) is 5.53. The molecular weight excluding hydrogens is 226 g/mol. The molecule has 1 saturated carbocycles. The van der Waals surface area contributed by atoms with Gasteiger partial charge in [0.25, 0.3) is 0 Å². The summed E-state index contributed by atoms with van der Waals surface area (Å²) in [4.78, 5) is 0. The van der Waals surface area contributed by atoms with Crippen LogP contribution < -0.4 is 10.1 Å². The number of aryl methyl sites for hydroxylation is 1. The van der Waals surface area contributed by atoms with Crippen LogP contribution in [-0.4, -0.2) is 23.9 Å². The number of ether oxygens (including phenoxy) is 1. The van der Waals surface area contributed by atoms with Gasteiger partial charge in [-0.05, 0) is 38.2 Å². The molecule has 0 saturated heterocycles. The number of hydrogen-bond acceptors (Lipinski definition) is 3. The molecule has 2 aliphatic rings. The van der Waals surface area contributed by atoms with E-state index in [0.29, 0.717) is 12.1 Å². The summed E-state index contributed by atoms with van der Waals surface area (Å²) in [6, 6.07) is 7.22. The van der Waals surface area contributed by atoms with E-state index in [4.69, 9.17) is 4.74 Å². The lowest BCUT2D eigenvalue weighted by Gasteiger charge is -2.35. The zero-order valence-corrected chi connectivity index (χ0v) is 10.9. The molecule has 1 heterocycles. The van der Waals surface area contributed by atoms with Gasteiger partial charge in [-0.2, -0.15) is 0 Å². The van der Waals surface area contributed by atoms with Crippen molar-refractivity contribution in [3.63, 3.8) is 0 Å². The molecule has 18 heavy (non-hydrogen) atoms. The largest absolute Gasteiger partial charge is 0.493 e. The molecule has 3 heteroatoms. The van der Waals surface area contributed by atoms with Crippen molar-refractivity contribution in [3.8, 4) is 5.75 Å². The van der Waals surface area contributed by atoms with Gasteiger partial charge in [-0.3, -0.25) is 0 Å². The minimum absolute atomic E-state index is 0.0958. The summed E-state index contributed by atoms with van der Waals surface area (Å²) in [5.41, 5.74) is 2.50. The molecule has 0 radical (unpaired) electrons. The lowest BCUT2D eigenvalue weighted by atomic mass is 9.87. The molecule has 1 aliphatic heterocycles. The molecule has 1 fully saturated rings. The fourth-order valence-electron chi connectivity index (χ4n) is 2.95. The number of nitrogens with one attached hydrogen (secondary N) is 1. The number of aliphatic hydroxyl groups excluding tert-OH is 1. The van der Waals surface area contributed by atoms with E-state index >= 15 is 0 Å². The predicted octanol–water partition coefficient (Wildman–Crippen LogP) is 2.32. The maximum absolute atomic E-state index is 9.38. The van der Waals surface area contributed by atoms with Gasteiger partial charge < -0.3 is 15.2 Å². The quantitative estimate of drug-likeness (QED) is 0.842. The van der Waals surface area contributed by atoms with E-state index in [-0.39, 0.29) is 6.10 Å². The second-order valence-electron chi connectivity index (χ2n) is 5.53.